The monoisotopic (exact) mass is 425 g/mol. The van der Waals surface area contributed by atoms with Crippen LogP contribution in [-0.2, 0) is 22.4 Å². The zero-order valence-corrected chi connectivity index (χ0v) is 17.8. The Hall–Kier alpha value is -2.37. The summed E-state index contributed by atoms with van der Waals surface area (Å²) < 4.78 is 0. The van der Waals surface area contributed by atoms with Crippen molar-refractivity contribution in [1.29, 1.82) is 0 Å². The van der Waals surface area contributed by atoms with Gasteiger partial charge in [0.2, 0.25) is 11.8 Å². The molecule has 30 heavy (non-hydrogen) atoms. The molecule has 2 aromatic rings. The summed E-state index contributed by atoms with van der Waals surface area (Å²) in [7, 11) is 0. The van der Waals surface area contributed by atoms with Gasteiger partial charge in [-0.25, -0.2) is 0 Å². The van der Waals surface area contributed by atoms with Crippen LogP contribution in [0.3, 0.4) is 0 Å². The molecule has 2 amide bonds. The van der Waals surface area contributed by atoms with Crippen LogP contribution in [0.15, 0.2) is 48.5 Å². The third-order valence-corrected chi connectivity index (χ3v) is 6.87. The summed E-state index contributed by atoms with van der Waals surface area (Å²) in [5.41, 5.74) is 4.31. The van der Waals surface area contributed by atoms with E-state index in [1.54, 1.807) is 0 Å². The first kappa shape index (κ1) is 20.9. The quantitative estimate of drug-likeness (QED) is 0.787. The standard InChI is InChI=1S/C24H27N3O2.ClH/c28-22(27-14-9-18-3-1-2-4-21(18)27)15-17-5-7-19(8-6-17)26-23(29)20-16-24(20)10-12-25-13-11-24;/h1-8,20,25H,9-16H2,(H,26,29);1H. The Balaban J connectivity index is 0.00000218. The lowest BCUT2D eigenvalue weighted by Gasteiger charge is -2.23. The van der Waals surface area contributed by atoms with Crippen molar-refractivity contribution >= 4 is 35.6 Å². The number of benzene rings is 2. The Morgan fingerprint density at radius 1 is 1.07 bits per heavy atom. The number of anilines is 2. The molecule has 1 saturated carbocycles. The summed E-state index contributed by atoms with van der Waals surface area (Å²) >= 11 is 0. The van der Waals surface area contributed by atoms with Gasteiger partial charge in [0.1, 0.15) is 0 Å². The third kappa shape index (κ3) is 3.96. The normalized spacial score (nSPS) is 20.9. The minimum atomic E-state index is 0. The van der Waals surface area contributed by atoms with Gasteiger partial charge in [0.25, 0.3) is 0 Å². The number of para-hydroxylation sites is 1. The second kappa shape index (κ2) is 8.40. The molecule has 1 unspecified atom stereocenters. The van der Waals surface area contributed by atoms with Crippen LogP contribution in [0, 0.1) is 11.3 Å². The molecule has 5 rings (SSSR count). The molecule has 2 aromatic carbocycles. The average Bonchev–Trinajstić information content (AvgIpc) is 3.25. The van der Waals surface area contributed by atoms with E-state index in [-0.39, 0.29) is 35.6 Å². The molecule has 0 radical (unpaired) electrons. The molecule has 2 aliphatic heterocycles. The number of hydrogen-bond donors (Lipinski definition) is 2. The minimum Gasteiger partial charge on any atom is -0.326 e. The first-order valence-electron chi connectivity index (χ1n) is 10.6. The third-order valence-electron chi connectivity index (χ3n) is 6.87. The van der Waals surface area contributed by atoms with Crippen LogP contribution in [0.1, 0.15) is 30.4 Å². The van der Waals surface area contributed by atoms with Gasteiger partial charge in [-0.15, -0.1) is 12.4 Å². The fourth-order valence-electron chi connectivity index (χ4n) is 5.00. The van der Waals surface area contributed by atoms with Gasteiger partial charge in [-0.2, -0.15) is 0 Å². The van der Waals surface area contributed by atoms with Gasteiger partial charge in [0, 0.05) is 23.8 Å². The minimum absolute atomic E-state index is 0. The molecule has 2 fully saturated rings. The second-order valence-electron chi connectivity index (χ2n) is 8.66. The lowest BCUT2D eigenvalue weighted by molar-refractivity contribution is -0.119. The number of piperidine rings is 1. The molecule has 1 spiro atoms. The maximum atomic E-state index is 12.8. The number of fused-ring (bicyclic) bond motifs is 1. The lowest BCUT2D eigenvalue weighted by atomic mass is 9.92. The Labute approximate surface area is 183 Å². The van der Waals surface area contributed by atoms with Gasteiger partial charge in [-0.3, -0.25) is 9.59 Å². The molecular formula is C24H28ClN3O2. The Kier molecular flexibility index (Phi) is 5.85. The van der Waals surface area contributed by atoms with Gasteiger partial charge in [0.05, 0.1) is 6.42 Å². The maximum absolute atomic E-state index is 12.8. The van der Waals surface area contributed by atoms with Gasteiger partial charge >= 0.3 is 0 Å². The van der Waals surface area contributed by atoms with Crippen LogP contribution >= 0.6 is 12.4 Å². The van der Waals surface area contributed by atoms with Crippen LogP contribution in [0.2, 0.25) is 0 Å². The molecule has 3 aliphatic rings. The van der Waals surface area contributed by atoms with E-state index in [0.29, 0.717) is 6.42 Å². The van der Waals surface area contributed by atoms with E-state index in [0.717, 1.165) is 62.3 Å². The smallest absolute Gasteiger partial charge is 0.231 e. The van der Waals surface area contributed by atoms with Crippen LogP contribution in [0.4, 0.5) is 11.4 Å². The zero-order chi connectivity index (χ0) is 19.8. The highest BCUT2D eigenvalue weighted by atomic mass is 35.5. The van der Waals surface area contributed by atoms with Crippen molar-refractivity contribution in [2.75, 3.05) is 29.9 Å². The number of rotatable bonds is 4. The second-order valence-corrected chi connectivity index (χ2v) is 8.66. The fraction of sp³-hybridized carbons (Fsp3) is 0.417. The molecular weight excluding hydrogens is 398 g/mol. The van der Waals surface area contributed by atoms with Crippen molar-refractivity contribution in [2.24, 2.45) is 11.3 Å². The molecule has 2 N–H and O–H groups in total. The highest BCUT2D eigenvalue weighted by Crippen LogP contribution is 2.58. The molecule has 1 atom stereocenters. The summed E-state index contributed by atoms with van der Waals surface area (Å²) in [5, 5.41) is 6.44. The van der Waals surface area contributed by atoms with Crippen molar-refractivity contribution in [3.63, 3.8) is 0 Å². The van der Waals surface area contributed by atoms with E-state index in [1.165, 1.54) is 5.56 Å². The van der Waals surface area contributed by atoms with E-state index < -0.39 is 0 Å². The SMILES string of the molecule is Cl.O=C(Nc1ccc(CC(=O)N2CCc3ccccc32)cc1)C1CC12CCNCC2. The highest BCUT2D eigenvalue weighted by Gasteiger charge is 2.57. The average molecular weight is 426 g/mol. The largest absolute Gasteiger partial charge is 0.326 e. The molecule has 0 aromatic heterocycles. The molecule has 0 bridgehead atoms. The number of nitrogens with zero attached hydrogens (tertiary/aromatic N) is 1. The fourth-order valence-corrected chi connectivity index (χ4v) is 5.00. The van der Waals surface area contributed by atoms with E-state index >= 15 is 0 Å². The van der Waals surface area contributed by atoms with Crippen molar-refractivity contribution in [3.05, 3.63) is 59.7 Å². The van der Waals surface area contributed by atoms with Crippen molar-refractivity contribution in [3.8, 4) is 0 Å². The first-order chi connectivity index (χ1) is 14.1. The van der Waals surface area contributed by atoms with Crippen molar-refractivity contribution < 1.29 is 9.59 Å². The first-order valence-corrected chi connectivity index (χ1v) is 10.6. The van der Waals surface area contributed by atoms with E-state index in [2.05, 4.69) is 16.7 Å². The molecule has 1 saturated heterocycles. The number of hydrogen-bond acceptors (Lipinski definition) is 3. The predicted molar refractivity (Wildman–Crippen MR) is 121 cm³/mol. The molecule has 5 nitrogen and oxygen atoms in total. The summed E-state index contributed by atoms with van der Waals surface area (Å²) in [4.78, 5) is 27.3. The Morgan fingerprint density at radius 3 is 2.57 bits per heavy atom. The van der Waals surface area contributed by atoms with Gasteiger partial charge in [0.15, 0.2) is 0 Å². The maximum Gasteiger partial charge on any atom is 0.231 e. The number of amides is 2. The Morgan fingerprint density at radius 2 is 1.80 bits per heavy atom. The van der Waals surface area contributed by atoms with Crippen LogP contribution in [-0.4, -0.2) is 31.4 Å². The molecule has 6 heteroatoms. The molecule has 158 valence electrons. The van der Waals surface area contributed by atoms with E-state index in [4.69, 9.17) is 0 Å². The van der Waals surface area contributed by atoms with Crippen LogP contribution in [0.5, 0.6) is 0 Å². The lowest BCUT2D eigenvalue weighted by Crippen LogP contribution is -2.31. The highest BCUT2D eigenvalue weighted by molar-refractivity contribution is 5.97. The van der Waals surface area contributed by atoms with E-state index in [1.807, 2.05) is 47.4 Å². The molecule has 1 aliphatic carbocycles. The summed E-state index contributed by atoms with van der Waals surface area (Å²) in [5.74, 6) is 0.419. The van der Waals surface area contributed by atoms with Crippen LogP contribution < -0.4 is 15.5 Å². The molecule has 2 heterocycles. The topological polar surface area (TPSA) is 61.4 Å². The number of carbonyl (C=O) groups excluding carboxylic acids is 2. The van der Waals surface area contributed by atoms with Gasteiger partial charge in [-0.05, 0) is 73.5 Å². The van der Waals surface area contributed by atoms with Crippen LogP contribution in [0.25, 0.3) is 0 Å². The summed E-state index contributed by atoms with van der Waals surface area (Å²) in [6, 6.07) is 15.8. The summed E-state index contributed by atoms with van der Waals surface area (Å²) in [6.07, 6.45) is 4.52. The summed E-state index contributed by atoms with van der Waals surface area (Å²) in [6.45, 7) is 2.80. The number of nitrogens with one attached hydrogen (secondary N) is 2. The predicted octanol–water partition coefficient (Wildman–Crippen LogP) is 3.57. The van der Waals surface area contributed by atoms with Gasteiger partial charge in [-0.1, -0.05) is 30.3 Å². The van der Waals surface area contributed by atoms with Crippen molar-refractivity contribution in [2.45, 2.75) is 32.1 Å². The van der Waals surface area contributed by atoms with Crippen molar-refractivity contribution in [1.82, 2.24) is 5.32 Å². The number of halogens is 1. The van der Waals surface area contributed by atoms with Gasteiger partial charge < -0.3 is 15.5 Å². The Bertz CT molecular complexity index is 938. The zero-order valence-electron chi connectivity index (χ0n) is 17.0. The number of carbonyl (C=O) groups is 2. The van der Waals surface area contributed by atoms with E-state index in [9.17, 15) is 9.59 Å².